The van der Waals surface area contributed by atoms with Crippen molar-refractivity contribution in [3.63, 3.8) is 0 Å². The van der Waals surface area contributed by atoms with Gasteiger partial charge in [0.1, 0.15) is 11.3 Å². The number of aromatic nitrogens is 1. The molecule has 104 valence electrons. The van der Waals surface area contributed by atoms with E-state index in [9.17, 15) is 26.3 Å². The summed E-state index contributed by atoms with van der Waals surface area (Å²) in [7, 11) is 0. The smallest absolute Gasteiger partial charge is 0.405 e. The van der Waals surface area contributed by atoms with Gasteiger partial charge in [0.15, 0.2) is 0 Å². The topological polar surface area (TPSA) is 45.9 Å². The summed E-state index contributed by atoms with van der Waals surface area (Å²) in [4.78, 5) is 3.43. The predicted molar refractivity (Wildman–Crippen MR) is 50.0 cm³/mol. The van der Waals surface area contributed by atoms with E-state index >= 15 is 0 Å². The standard InChI is InChI=1S/C10H6F6N2O/c1-5-4-7(19-10(14,15)16)8(9(11,12)13)6(18-5)2-3-17/h4H,2H2,1H3. The van der Waals surface area contributed by atoms with Gasteiger partial charge in [-0.2, -0.15) is 18.4 Å². The van der Waals surface area contributed by atoms with Gasteiger partial charge in [-0.1, -0.05) is 0 Å². The molecule has 1 aromatic heterocycles. The van der Waals surface area contributed by atoms with Crippen LogP contribution in [0.15, 0.2) is 6.07 Å². The van der Waals surface area contributed by atoms with Gasteiger partial charge in [-0.25, -0.2) is 0 Å². The molecule has 1 heterocycles. The number of halogens is 6. The summed E-state index contributed by atoms with van der Waals surface area (Å²) in [6.07, 6.45) is -11.1. The van der Waals surface area contributed by atoms with E-state index in [0.717, 1.165) is 0 Å². The average molecular weight is 284 g/mol. The molecule has 1 aromatic rings. The number of nitriles is 1. The number of rotatable bonds is 2. The van der Waals surface area contributed by atoms with Crippen LogP contribution < -0.4 is 4.74 Å². The summed E-state index contributed by atoms with van der Waals surface area (Å²) in [6, 6.07) is 1.94. The maximum atomic E-state index is 12.7. The second-order valence-corrected chi connectivity index (χ2v) is 3.46. The van der Waals surface area contributed by atoms with Crippen LogP contribution in [0, 0.1) is 18.3 Å². The molecule has 0 aliphatic rings. The molecule has 0 bridgehead atoms. The first kappa shape index (κ1) is 15.1. The Balaban J connectivity index is 3.47. The van der Waals surface area contributed by atoms with Crippen LogP contribution in [-0.2, 0) is 12.6 Å². The monoisotopic (exact) mass is 284 g/mol. The van der Waals surface area contributed by atoms with Crippen LogP contribution in [0.25, 0.3) is 0 Å². The highest BCUT2D eigenvalue weighted by atomic mass is 19.4. The molecule has 0 unspecified atom stereocenters. The minimum Gasteiger partial charge on any atom is -0.405 e. The maximum absolute atomic E-state index is 12.7. The summed E-state index contributed by atoms with van der Waals surface area (Å²) < 4.78 is 77.8. The Hall–Kier alpha value is -1.98. The molecule has 0 saturated carbocycles. The van der Waals surface area contributed by atoms with Crippen LogP contribution in [0.2, 0.25) is 0 Å². The van der Waals surface area contributed by atoms with E-state index in [-0.39, 0.29) is 5.69 Å². The van der Waals surface area contributed by atoms with Crippen molar-refractivity contribution in [2.45, 2.75) is 25.9 Å². The lowest BCUT2D eigenvalue weighted by molar-refractivity contribution is -0.276. The van der Waals surface area contributed by atoms with Crippen LogP contribution in [0.1, 0.15) is 17.0 Å². The average Bonchev–Trinajstić information content (AvgIpc) is 2.11. The zero-order chi connectivity index (χ0) is 14.8. The third-order valence-electron chi connectivity index (χ3n) is 1.94. The normalized spacial score (nSPS) is 12.1. The first-order valence-electron chi connectivity index (χ1n) is 4.75. The highest BCUT2D eigenvalue weighted by molar-refractivity contribution is 5.41. The zero-order valence-corrected chi connectivity index (χ0v) is 9.35. The lowest BCUT2D eigenvalue weighted by atomic mass is 10.1. The Labute approximate surface area is 103 Å². The lowest BCUT2D eigenvalue weighted by Crippen LogP contribution is -2.22. The molecule has 19 heavy (non-hydrogen) atoms. The van der Waals surface area contributed by atoms with E-state index in [1.54, 1.807) is 0 Å². The van der Waals surface area contributed by atoms with Crippen molar-refractivity contribution in [1.29, 1.82) is 5.26 Å². The highest BCUT2D eigenvalue weighted by Crippen LogP contribution is 2.40. The fourth-order valence-corrected chi connectivity index (χ4v) is 1.42. The molecule has 0 N–H and O–H groups in total. The maximum Gasteiger partial charge on any atom is 0.573 e. The molecular formula is C10H6F6N2O. The van der Waals surface area contributed by atoms with Crippen LogP contribution in [-0.4, -0.2) is 11.3 Å². The second-order valence-electron chi connectivity index (χ2n) is 3.46. The van der Waals surface area contributed by atoms with Gasteiger partial charge in [0.2, 0.25) is 0 Å². The molecule has 0 fully saturated rings. The Kier molecular flexibility index (Phi) is 3.93. The Morgan fingerprint density at radius 2 is 1.84 bits per heavy atom. The summed E-state index contributed by atoms with van der Waals surface area (Å²) in [5, 5.41) is 8.40. The quantitative estimate of drug-likeness (QED) is 0.782. The molecule has 0 aliphatic carbocycles. The third kappa shape index (κ3) is 4.01. The van der Waals surface area contributed by atoms with E-state index in [1.807, 2.05) is 0 Å². The fraction of sp³-hybridized carbons (Fsp3) is 0.400. The van der Waals surface area contributed by atoms with Crippen LogP contribution in [0.3, 0.4) is 0 Å². The molecule has 0 aromatic carbocycles. The number of aryl methyl sites for hydroxylation is 1. The van der Waals surface area contributed by atoms with Crippen molar-refractivity contribution in [2.75, 3.05) is 0 Å². The van der Waals surface area contributed by atoms with Crippen molar-refractivity contribution in [3.05, 3.63) is 23.0 Å². The molecule has 0 amide bonds. The Morgan fingerprint density at radius 1 is 1.26 bits per heavy atom. The molecule has 1 rings (SSSR count). The number of alkyl halides is 6. The van der Waals surface area contributed by atoms with Crippen LogP contribution >= 0.6 is 0 Å². The van der Waals surface area contributed by atoms with Gasteiger partial charge < -0.3 is 4.74 Å². The Bertz CT molecular complexity index is 514. The molecule has 0 atom stereocenters. The molecular weight excluding hydrogens is 278 g/mol. The van der Waals surface area contributed by atoms with E-state index in [1.165, 1.54) is 13.0 Å². The zero-order valence-electron chi connectivity index (χ0n) is 9.35. The van der Waals surface area contributed by atoms with Gasteiger partial charge >= 0.3 is 12.5 Å². The number of hydrogen-bond donors (Lipinski definition) is 0. The fourth-order valence-electron chi connectivity index (χ4n) is 1.42. The van der Waals surface area contributed by atoms with Crippen molar-refractivity contribution in [2.24, 2.45) is 0 Å². The second kappa shape index (κ2) is 4.95. The highest BCUT2D eigenvalue weighted by Gasteiger charge is 2.42. The molecule has 9 heteroatoms. The number of nitrogens with zero attached hydrogens (tertiary/aromatic N) is 2. The minimum absolute atomic E-state index is 0.113. The van der Waals surface area contributed by atoms with Gasteiger partial charge in [0.25, 0.3) is 0 Å². The molecule has 0 aliphatic heterocycles. The van der Waals surface area contributed by atoms with Crippen molar-refractivity contribution in [1.82, 2.24) is 4.98 Å². The minimum atomic E-state index is -5.27. The van der Waals surface area contributed by atoms with Gasteiger partial charge in [-0.05, 0) is 6.92 Å². The summed E-state index contributed by atoms with van der Waals surface area (Å²) in [5.41, 5.74) is -2.59. The van der Waals surface area contributed by atoms with Crippen molar-refractivity contribution >= 4 is 0 Å². The summed E-state index contributed by atoms with van der Waals surface area (Å²) in [6.45, 7) is 1.20. The first-order valence-corrected chi connectivity index (χ1v) is 4.75. The van der Waals surface area contributed by atoms with Gasteiger partial charge in [0.05, 0.1) is 18.2 Å². The van der Waals surface area contributed by atoms with E-state index in [2.05, 4.69) is 9.72 Å². The van der Waals surface area contributed by atoms with Crippen LogP contribution in [0.4, 0.5) is 26.3 Å². The van der Waals surface area contributed by atoms with Gasteiger partial charge in [-0.15, -0.1) is 13.2 Å². The molecule has 0 spiro atoms. The van der Waals surface area contributed by atoms with Gasteiger partial charge in [-0.3, -0.25) is 4.98 Å². The van der Waals surface area contributed by atoms with E-state index in [4.69, 9.17) is 5.26 Å². The van der Waals surface area contributed by atoms with Crippen molar-refractivity contribution in [3.8, 4) is 11.8 Å². The number of ether oxygens (including phenoxy) is 1. The van der Waals surface area contributed by atoms with E-state index in [0.29, 0.717) is 6.07 Å². The lowest BCUT2D eigenvalue weighted by Gasteiger charge is -2.17. The Morgan fingerprint density at radius 3 is 2.26 bits per heavy atom. The summed E-state index contributed by atoms with van der Waals surface area (Å²) in [5.74, 6) is -1.40. The van der Waals surface area contributed by atoms with Crippen LogP contribution in [0.5, 0.6) is 5.75 Å². The van der Waals surface area contributed by atoms with Crippen molar-refractivity contribution < 1.29 is 31.1 Å². The predicted octanol–water partition coefficient (Wildman–Crippen LogP) is 3.37. The number of hydrogen-bond acceptors (Lipinski definition) is 3. The van der Waals surface area contributed by atoms with Gasteiger partial charge in [0, 0.05) is 11.8 Å². The molecule has 0 radical (unpaired) electrons. The number of pyridine rings is 1. The SMILES string of the molecule is Cc1cc(OC(F)(F)F)c(C(F)(F)F)c(CC#N)n1. The third-order valence-corrected chi connectivity index (χ3v) is 1.94. The van der Waals surface area contributed by atoms with E-state index < -0.39 is 36.0 Å². The first-order chi connectivity index (χ1) is 8.54. The largest absolute Gasteiger partial charge is 0.573 e. The summed E-state index contributed by atoms with van der Waals surface area (Å²) >= 11 is 0. The molecule has 3 nitrogen and oxygen atoms in total. The molecule has 0 saturated heterocycles.